The van der Waals surface area contributed by atoms with Crippen molar-refractivity contribution < 1.29 is 14.5 Å². The van der Waals surface area contributed by atoms with Crippen LogP contribution in [0, 0.1) is 10.1 Å². The van der Waals surface area contributed by atoms with Crippen LogP contribution in [0.3, 0.4) is 0 Å². The van der Waals surface area contributed by atoms with Gasteiger partial charge in [0.1, 0.15) is 5.75 Å². The van der Waals surface area contributed by atoms with Crippen LogP contribution in [0.15, 0.2) is 77.9 Å². The van der Waals surface area contributed by atoms with E-state index in [9.17, 15) is 14.9 Å². The number of carbonyl (C=O) groups is 1. The molecular formula is C23H18ClN3O4. The molecular weight excluding hydrogens is 418 g/mol. The Balaban J connectivity index is 1.73. The summed E-state index contributed by atoms with van der Waals surface area (Å²) in [5.74, 6) is 0.406. The molecule has 1 aliphatic heterocycles. The maximum atomic E-state index is 13.3. The second-order valence-electron chi connectivity index (χ2n) is 7.00. The fraction of sp³-hybridized carbons (Fsp3) is 0.130. The second kappa shape index (κ2) is 8.57. The SMILES string of the molecule is COc1ccc(C2=NN(C(=O)c3ccc(Cl)cc3)C(c3cccc([N+](=O)[O-])c3)C2)cc1. The van der Waals surface area contributed by atoms with E-state index in [1.54, 1.807) is 43.5 Å². The Labute approximate surface area is 183 Å². The topological polar surface area (TPSA) is 85.0 Å². The standard InChI is InChI=1S/C23H18ClN3O4/c1-31-20-11-7-15(8-12-20)21-14-22(17-3-2-4-19(13-17)27(29)30)26(25-21)23(28)16-5-9-18(24)10-6-16/h2-13,22H,14H2,1H3. The fourth-order valence-electron chi connectivity index (χ4n) is 3.49. The highest BCUT2D eigenvalue weighted by Gasteiger charge is 2.34. The van der Waals surface area contributed by atoms with Gasteiger partial charge in [0.2, 0.25) is 0 Å². The van der Waals surface area contributed by atoms with Crippen molar-refractivity contribution >= 4 is 28.9 Å². The van der Waals surface area contributed by atoms with Gasteiger partial charge < -0.3 is 4.74 Å². The van der Waals surface area contributed by atoms with E-state index in [2.05, 4.69) is 5.10 Å². The highest BCUT2D eigenvalue weighted by Crippen LogP contribution is 2.35. The lowest BCUT2D eigenvalue weighted by Gasteiger charge is -2.22. The van der Waals surface area contributed by atoms with Crippen molar-refractivity contribution in [3.05, 3.63) is 105 Å². The molecule has 0 bridgehead atoms. The van der Waals surface area contributed by atoms with E-state index in [-0.39, 0.29) is 11.6 Å². The van der Waals surface area contributed by atoms with Crippen molar-refractivity contribution in [1.29, 1.82) is 0 Å². The third-order valence-corrected chi connectivity index (χ3v) is 5.35. The molecule has 7 nitrogen and oxygen atoms in total. The Morgan fingerprint density at radius 1 is 1.13 bits per heavy atom. The Bertz CT molecular complexity index is 1160. The Kier molecular flexibility index (Phi) is 5.68. The summed E-state index contributed by atoms with van der Waals surface area (Å²) in [6.45, 7) is 0. The number of hydrogen-bond donors (Lipinski definition) is 0. The van der Waals surface area contributed by atoms with E-state index in [1.165, 1.54) is 17.1 Å². The maximum Gasteiger partial charge on any atom is 0.274 e. The Hall–Kier alpha value is -3.71. The molecule has 0 saturated carbocycles. The number of non-ortho nitro benzene ring substituents is 1. The molecule has 8 heteroatoms. The summed E-state index contributed by atoms with van der Waals surface area (Å²) in [4.78, 5) is 24.1. The van der Waals surface area contributed by atoms with E-state index >= 15 is 0 Å². The van der Waals surface area contributed by atoms with Gasteiger partial charge in [0.25, 0.3) is 11.6 Å². The van der Waals surface area contributed by atoms with Crippen LogP contribution < -0.4 is 4.74 Å². The van der Waals surface area contributed by atoms with Crippen molar-refractivity contribution in [3.63, 3.8) is 0 Å². The zero-order valence-corrected chi connectivity index (χ0v) is 17.3. The van der Waals surface area contributed by atoms with Gasteiger partial charge in [0.15, 0.2) is 0 Å². The van der Waals surface area contributed by atoms with Crippen molar-refractivity contribution in [2.45, 2.75) is 12.5 Å². The highest BCUT2D eigenvalue weighted by atomic mass is 35.5. The summed E-state index contributed by atoms with van der Waals surface area (Å²) in [7, 11) is 1.59. The monoisotopic (exact) mass is 435 g/mol. The number of methoxy groups -OCH3 is 1. The number of nitro groups is 1. The molecule has 1 atom stereocenters. The van der Waals surface area contributed by atoms with E-state index < -0.39 is 11.0 Å². The summed E-state index contributed by atoms with van der Waals surface area (Å²) in [6, 6.07) is 19.8. The number of halogens is 1. The van der Waals surface area contributed by atoms with E-state index in [0.717, 1.165) is 5.56 Å². The minimum absolute atomic E-state index is 0.0331. The first-order chi connectivity index (χ1) is 15.0. The molecule has 1 heterocycles. The van der Waals surface area contributed by atoms with Gasteiger partial charge in [-0.05, 0) is 59.7 Å². The van der Waals surface area contributed by atoms with Gasteiger partial charge in [-0.25, -0.2) is 5.01 Å². The molecule has 0 fully saturated rings. The predicted octanol–water partition coefficient (Wildman–Crippen LogP) is 5.25. The number of nitro benzene ring substituents is 1. The van der Waals surface area contributed by atoms with Gasteiger partial charge in [-0.2, -0.15) is 5.10 Å². The quantitative estimate of drug-likeness (QED) is 0.404. The molecule has 0 spiro atoms. The lowest BCUT2D eigenvalue weighted by Crippen LogP contribution is -2.27. The molecule has 4 rings (SSSR count). The molecule has 0 N–H and O–H groups in total. The molecule has 0 aliphatic carbocycles. The molecule has 1 unspecified atom stereocenters. The molecule has 0 aromatic heterocycles. The fourth-order valence-corrected chi connectivity index (χ4v) is 3.61. The minimum Gasteiger partial charge on any atom is -0.497 e. The zero-order chi connectivity index (χ0) is 22.0. The number of amides is 1. The van der Waals surface area contributed by atoms with Crippen LogP contribution in [0.1, 0.15) is 33.9 Å². The smallest absolute Gasteiger partial charge is 0.274 e. The molecule has 1 aliphatic rings. The number of hydrazone groups is 1. The largest absolute Gasteiger partial charge is 0.497 e. The second-order valence-corrected chi connectivity index (χ2v) is 7.44. The van der Waals surface area contributed by atoms with Crippen molar-refractivity contribution in [2.24, 2.45) is 5.10 Å². The van der Waals surface area contributed by atoms with Gasteiger partial charge in [-0.1, -0.05) is 23.7 Å². The molecule has 3 aromatic carbocycles. The van der Waals surface area contributed by atoms with Gasteiger partial charge in [-0.15, -0.1) is 0 Å². The van der Waals surface area contributed by atoms with E-state index in [1.807, 2.05) is 24.3 Å². The highest BCUT2D eigenvalue weighted by molar-refractivity contribution is 6.30. The summed E-state index contributed by atoms with van der Waals surface area (Å²) in [5.41, 5.74) is 2.60. The van der Waals surface area contributed by atoms with E-state index in [4.69, 9.17) is 16.3 Å². The first-order valence-corrected chi connectivity index (χ1v) is 9.89. The van der Waals surface area contributed by atoms with Crippen molar-refractivity contribution in [3.8, 4) is 5.75 Å². The molecule has 156 valence electrons. The summed E-state index contributed by atoms with van der Waals surface area (Å²) >= 11 is 5.95. The number of benzene rings is 3. The third kappa shape index (κ3) is 4.27. The van der Waals surface area contributed by atoms with Crippen molar-refractivity contribution in [2.75, 3.05) is 7.11 Å². The average Bonchev–Trinajstić information content (AvgIpc) is 3.25. The molecule has 0 radical (unpaired) electrons. The first kappa shape index (κ1) is 20.6. The lowest BCUT2D eigenvalue weighted by molar-refractivity contribution is -0.384. The first-order valence-electron chi connectivity index (χ1n) is 9.51. The number of rotatable bonds is 5. The Morgan fingerprint density at radius 2 is 1.84 bits per heavy atom. The molecule has 3 aromatic rings. The summed E-state index contributed by atoms with van der Waals surface area (Å²) < 4.78 is 5.21. The summed E-state index contributed by atoms with van der Waals surface area (Å²) in [5, 5.41) is 17.8. The molecule has 1 amide bonds. The predicted molar refractivity (Wildman–Crippen MR) is 118 cm³/mol. The van der Waals surface area contributed by atoms with Gasteiger partial charge in [-0.3, -0.25) is 14.9 Å². The number of carbonyl (C=O) groups excluding carboxylic acids is 1. The molecule has 0 saturated heterocycles. The van der Waals surface area contributed by atoms with Gasteiger partial charge in [0, 0.05) is 29.1 Å². The summed E-state index contributed by atoms with van der Waals surface area (Å²) in [6.07, 6.45) is 0.423. The van der Waals surface area contributed by atoms with Crippen LogP contribution >= 0.6 is 11.6 Å². The normalized spacial score (nSPS) is 15.5. The Morgan fingerprint density at radius 3 is 2.48 bits per heavy atom. The number of nitrogens with zero attached hydrogens (tertiary/aromatic N) is 3. The van der Waals surface area contributed by atoms with Crippen LogP contribution in [0.25, 0.3) is 0 Å². The zero-order valence-electron chi connectivity index (χ0n) is 16.6. The number of ether oxygens (including phenoxy) is 1. The van der Waals surface area contributed by atoms with Crippen LogP contribution in [0.4, 0.5) is 5.69 Å². The minimum atomic E-state index is -0.472. The molecule has 31 heavy (non-hydrogen) atoms. The van der Waals surface area contributed by atoms with Crippen LogP contribution in [0.2, 0.25) is 5.02 Å². The lowest BCUT2D eigenvalue weighted by atomic mass is 9.97. The van der Waals surface area contributed by atoms with Crippen LogP contribution in [-0.4, -0.2) is 28.7 Å². The maximum absolute atomic E-state index is 13.3. The van der Waals surface area contributed by atoms with E-state index in [0.29, 0.717) is 34.0 Å². The van der Waals surface area contributed by atoms with Crippen LogP contribution in [-0.2, 0) is 0 Å². The van der Waals surface area contributed by atoms with Gasteiger partial charge >= 0.3 is 0 Å². The van der Waals surface area contributed by atoms with Gasteiger partial charge in [0.05, 0.1) is 23.8 Å². The average molecular weight is 436 g/mol. The van der Waals surface area contributed by atoms with Crippen LogP contribution in [0.5, 0.6) is 5.75 Å². The van der Waals surface area contributed by atoms with Crippen molar-refractivity contribution in [1.82, 2.24) is 5.01 Å². The number of hydrogen-bond acceptors (Lipinski definition) is 5. The third-order valence-electron chi connectivity index (χ3n) is 5.10.